The van der Waals surface area contributed by atoms with Crippen LogP contribution in [0.25, 0.3) is 0 Å². The van der Waals surface area contributed by atoms with Crippen molar-refractivity contribution in [2.75, 3.05) is 13.1 Å². The summed E-state index contributed by atoms with van der Waals surface area (Å²) in [6.45, 7) is 1.73. The van der Waals surface area contributed by atoms with Gasteiger partial charge in [-0.25, -0.2) is 4.98 Å². The monoisotopic (exact) mass is 264 g/mol. The van der Waals surface area contributed by atoms with Gasteiger partial charge in [-0.05, 0) is 0 Å². The fraction of sp³-hybridized carbons (Fsp3) is 0.583. The van der Waals surface area contributed by atoms with Crippen LogP contribution in [0.5, 0.6) is 0 Å². The van der Waals surface area contributed by atoms with E-state index < -0.39 is 5.97 Å². The van der Waals surface area contributed by atoms with Gasteiger partial charge < -0.3 is 15.0 Å². The van der Waals surface area contributed by atoms with Gasteiger partial charge in [0.25, 0.3) is 0 Å². The number of amides is 1. The quantitative estimate of drug-likeness (QED) is 0.674. The van der Waals surface area contributed by atoms with E-state index in [1.54, 1.807) is 11.2 Å². The first kappa shape index (κ1) is 12.2. The Labute approximate surface area is 110 Å². The first-order chi connectivity index (χ1) is 9.13. The van der Waals surface area contributed by atoms with Gasteiger partial charge >= 0.3 is 5.97 Å². The second-order valence-corrected chi connectivity index (χ2v) is 5.17. The molecule has 7 heteroatoms. The third-order valence-corrected chi connectivity index (χ3v) is 3.76. The Morgan fingerprint density at radius 2 is 2.26 bits per heavy atom. The fourth-order valence-corrected chi connectivity index (χ4v) is 2.69. The second kappa shape index (κ2) is 4.65. The number of imidazole rings is 1. The molecule has 2 aliphatic rings. The molecule has 1 fully saturated rings. The molecule has 7 nitrogen and oxygen atoms in total. The van der Waals surface area contributed by atoms with Crippen molar-refractivity contribution in [1.29, 1.82) is 0 Å². The molecule has 1 aromatic rings. The van der Waals surface area contributed by atoms with Crippen LogP contribution in [0, 0.1) is 5.92 Å². The number of rotatable bonds is 3. The van der Waals surface area contributed by atoms with Gasteiger partial charge in [-0.2, -0.15) is 0 Å². The van der Waals surface area contributed by atoms with Gasteiger partial charge in [0.15, 0.2) is 0 Å². The van der Waals surface area contributed by atoms with Gasteiger partial charge in [0.2, 0.25) is 5.91 Å². The van der Waals surface area contributed by atoms with Crippen LogP contribution in [0.4, 0.5) is 0 Å². The summed E-state index contributed by atoms with van der Waals surface area (Å²) in [6.07, 6.45) is 2.38. The third-order valence-electron chi connectivity index (χ3n) is 3.76. The van der Waals surface area contributed by atoms with E-state index in [4.69, 9.17) is 5.11 Å². The van der Waals surface area contributed by atoms with Crippen LogP contribution in [0.15, 0.2) is 6.33 Å². The molecular formula is C12H16N4O3. The van der Waals surface area contributed by atoms with Crippen LogP contribution < -0.4 is 5.32 Å². The lowest BCUT2D eigenvalue weighted by Gasteiger charge is -2.41. The number of carboxylic acid groups (broad SMARTS) is 1. The summed E-state index contributed by atoms with van der Waals surface area (Å²) in [6, 6.07) is -0.235. The number of nitrogens with one attached hydrogen (secondary N) is 2. The predicted octanol–water partition coefficient (Wildman–Crippen LogP) is -0.643. The molecule has 0 radical (unpaired) electrons. The first-order valence-electron chi connectivity index (χ1n) is 6.38. The Morgan fingerprint density at radius 1 is 1.47 bits per heavy atom. The highest BCUT2D eigenvalue weighted by Gasteiger charge is 2.36. The smallest absolute Gasteiger partial charge is 0.303 e. The van der Waals surface area contributed by atoms with Crippen LogP contribution in [-0.4, -0.2) is 51.0 Å². The average Bonchev–Trinajstić information content (AvgIpc) is 2.79. The summed E-state index contributed by atoms with van der Waals surface area (Å²) in [5.41, 5.74) is 1.98. The van der Waals surface area contributed by atoms with E-state index in [0.717, 1.165) is 11.4 Å². The number of carboxylic acids is 1. The van der Waals surface area contributed by atoms with Crippen molar-refractivity contribution in [3.05, 3.63) is 17.7 Å². The van der Waals surface area contributed by atoms with E-state index in [1.807, 2.05) is 0 Å². The molecule has 0 aromatic carbocycles. The molecule has 102 valence electrons. The van der Waals surface area contributed by atoms with Gasteiger partial charge in [0, 0.05) is 32.0 Å². The summed E-state index contributed by atoms with van der Waals surface area (Å²) < 4.78 is 0. The minimum Gasteiger partial charge on any atom is -0.481 e. The minimum absolute atomic E-state index is 0.0512. The molecule has 3 rings (SSSR count). The Balaban J connectivity index is 1.54. The number of aromatic amines is 1. The van der Waals surface area contributed by atoms with E-state index in [1.165, 1.54) is 0 Å². The van der Waals surface area contributed by atoms with E-state index in [0.29, 0.717) is 26.1 Å². The Morgan fingerprint density at radius 3 is 3.00 bits per heavy atom. The summed E-state index contributed by atoms with van der Waals surface area (Å²) in [5.74, 6) is -0.643. The lowest BCUT2D eigenvalue weighted by molar-refractivity contribution is -0.146. The molecule has 0 aliphatic carbocycles. The molecule has 1 amide bonds. The summed E-state index contributed by atoms with van der Waals surface area (Å²) in [4.78, 5) is 31.7. The lowest BCUT2D eigenvalue weighted by atomic mass is 9.94. The molecule has 0 bridgehead atoms. The predicted molar refractivity (Wildman–Crippen MR) is 65.2 cm³/mol. The van der Waals surface area contributed by atoms with Crippen molar-refractivity contribution in [2.45, 2.75) is 25.4 Å². The molecule has 3 heterocycles. The zero-order chi connectivity index (χ0) is 13.4. The van der Waals surface area contributed by atoms with Gasteiger partial charge in [-0.15, -0.1) is 0 Å². The van der Waals surface area contributed by atoms with Gasteiger partial charge in [0.05, 0.1) is 30.2 Å². The van der Waals surface area contributed by atoms with E-state index in [9.17, 15) is 9.59 Å². The van der Waals surface area contributed by atoms with Crippen molar-refractivity contribution >= 4 is 11.9 Å². The highest BCUT2D eigenvalue weighted by atomic mass is 16.4. The van der Waals surface area contributed by atoms with Crippen molar-refractivity contribution in [3.8, 4) is 0 Å². The number of carbonyl (C=O) groups is 2. The van der Waals surface area contributed by atoms with Crippen LogP contribution in [-0.2, 0) is 22.6 Å². The maximum atomic E-state index is 12.2. The maximum absolute atomic E-state index is 12.2. The average molecular weight is 264 g/mol. The fourth-order valence-electron chi connectivity index (χ4n) is 2.69. The molecule has 1 aromatic heterocycles. The van der Waals surface area contributed by atoms with Crippen LogP contribution in [0.3, 0.4) is 0 Å². The molecular weight excluding hydrogens is 248 g/mol. The molecule has 2 aliphatic heterocycles. The van der Waals surface area contributed by atoms with Crippen molar-refractivity contribution in [3.63, 3.8) is 0 Å². The summed E-state index contributed by atoms with van der Waals surface area (Å²) in [7, 11) is 0. The highest BCUT2D eigenvalue weighted by Crippen LogP contribution is 2.22. The number of carbonyl (C=O) groups excluding carboxylic acids is 1. The molecule has 0 saturated carbocycles. The van der Waals surface area contributed by atoms with Crippen LogP contribution in [0.2, 0.25) is 0 Å². The first-order valence-corrected chi connectivity index (χ1v) is 6.38. The van der Waals surface area contributed by atoms with Crippen molar-refractivity contribution in [2.24, 2.45) is 5.92 Å². The maximum Gasteiger partial charge on any atom is 0.303 e. The van der Waals surface area contributed by atoms with Gasteiger partial charge in [-0.1, -0.05) is 0 Å². The normalized spacial score (nSPS) is 22.7. The lowest BCUT2D eigenvalue weighted by Crippen LogP contribution is -2.57. The largest absolute Gasteiger partial charge is 0.481 e. The Kier molecular flexibility index (Phi) is 2.98. The second-order valence-electron chi connectivity index (χ2n) is 5.17. The zero-order valence-corrected chi connectivity index (χ0v) is 10.4. The number of nitrogens with zero attached hydrogens (tertiary/aromatic N) is 2. The zero-order valence-electron chi connectivity index (χ0n) is 10.4. The third kappa shape index (κ3) is 2.33. The van der Waals surface area contributed by atoms with Crippen LogP contribution in [0.1, 0.15) is 17.8 Å². The topological polar surface area (TPSA) is 98.3 Å². The molecule has 1 saturated heterocycles. The Bertz CT molecular complexity index is 507. The SMILES string of the molecule is O=C(O)CC1CN(C(=O)C2Cc3nc[nH]c3CN2)C1. The number of H-pyrrole nitrogens is 1. The highest BCUT2D eigenvalue weighted by molar-refractivity contribution is 5.83. The van der Waals surface area contributed by atoms with Crippen molar-refractivity contribution in [1.82, 2.24) is 20.2 Å². The molecule has 3 N–H and O–H groups in total. The van der Waals surface area contributed by atoms with Crippen LogP contribution >= 0.6 is 0 Å². The van der Waals surface area contributed by atoms with Crippen molar-refractivity contribution < 1.29 is 14.7 Å². The van der Waals surface area contributed by atoms with Gasteiger partial charge in [0.1, 0.15) is 0 Å². The number of likely N-dealkylation sites (tertiary alicyclic amines) is 1. The molecule has 1 atom stereocenters. The Hall–Kier alpha value is -1.89. The number of aromatic nitrogens is 2. The number of aliphatic carboxylic acids is 1. The molecule has 1 unspecified atom stereocenters. The number of fused-ring (bicyclic) bond motifs is 1. The van der Waals surface area contributed by atoms with E-state index in [-0.39, 0.29) is 24.3 Å². The minimum atomic E-state index is -0.797. The van der Waals surface area contributed by atoms with E-state index in [2.05, 4.69) is 15.3 Å². The number of hydrogen-bond donors (Lipinski definition) is 3. The summed E-state index contributed by atoms with van der Waals surface area (Å²) in [5, 5.41) is 11.9. The number of hydrogen-bond acceptors (Lipinski definition) is 4. The van der Waals surface area contributed by atoms with Gasteiger partial charge in [-0.3, -0.25) is 14.9 Å². The standard InChI is InChI=1S/C12H16N4O3/c17-11(18)1-7-4-16(5-7)12(19)9-2-8-10(3-13-9)15-6-14-8/h6-7,9,13H,1-5H2,(H,14,15)(H,17,18). The molecule has 0 spiro atoms. The molecule has 19 heavy (non-hydrogen) atoms. The summed E-state index contributed by atoms with van der Waals surface area (Å²) >= 11 is 0. The van der Waals surface area contributed by atoms with E-state index >= 15 is 0 Å².